The standard InChI is InChI=1S/C13H14N4O3/c1-9(18)10-2-4-16(5-3-10)13-11(7-14)6-12(8-15-13)17(19)20/h6,8,10H,2-5H2,1H3. The highest BCUT2D eigenvalue weighted by molar-refractivity contribution is 5.78. The molecule has 1 aliphatic rings. The SMILES string of the molecule is CC(=O)C1CCN(c2ncc([N+](=O)[O-])cc2C#N)CC1. The number of piperidine rings is 1. The van der Waals surface area contributed by atoms with Crippen molar-refractivity contribution in [2.24, 2.45) is 5.92 Å². The molecule has 0 unspecified atom stereocenters. The third kappa shape index (κ3) is 2.74. The zero-order valence-corrected chi connectivity index (χ0v) is 11.1. The maximum atomic E-state index is 11.3. The maximum absolute atomic E-state index is 11.3. The summed E-state index contributed by atoms with van der Waals surface area (Å²) in [7, 11) is 0. The summed E-state index contributed by atoms with van der Waals surface area (Å²) in [5.74, 6) is 0.705. The first-order chi connectivity index (χ1) is 9.52. The molecular formula is C13H14N4O3. The fourth-order valence-corrected chi connectivity index (χ4v) is 2.38. The maximum Gasteiger partial charge on any atom is 0.289 e. The number of carbonyl (C=O) groups excluding carboxylic acids is 1. The molecule has 20 heavy (non-hydrogen) atoms. The van der Waals surface area contributed by atoms with Crippen LogP contribution in [0.25, 0.3) is 0 Å². The van der Waals surface area contributed by atoms with Crippen molar-refractivity contribution >= 4 is 17.3 Å². The van der Waals surface area contributed by atoms with E-state index in [1.807, 2.05) is 11.0 Å². The molecule has 7 nitrogen and oxygen atoms in total. The Morgan fingerprint density at radius 2 is 2.20 bits per heavy atom. The van der Waals surface area contributed by atoms with Crippen molar-refractivity contribution in [3.8, 4) is 6.07 Å². The third-order valence-corrected chi connectivity index (χ3v) is 3.55. The number of aromatic nitrogens is 1. The number of nitrogens with zero attached hydrogens (tertiary/aromatic N) is 4. The molecule has 0 aromatic carbocycles. The average molecular weight is 274 g/mol. The van der Waals surface area contributed by atoms with Gasteiger partial charge in [-0.25, -0.2) is 4.98 Å². The quantitative estimate of drug-likeness (QED) is 0.614. The van der Waals surface area contributed by atoms with E-state index >= 15 is 0 Å². The molecule has 0 radical (unpaired) electrons. The second kappa shape index (κ2) is 5.65. The fourth-order valence-electron chi connectivity index (χ4n) is 2.38. The molecule has 2 heterocycles. The van der Waals surface area contributed by atoms with Gasteiger partial charge in [-0.2, -0.15) is 5.26 Å². The molecule has 0 amide bonds. The Morgan fingerprint density at radius 3 is 2.70 bits per heavy atom. The van der Waals surface area contributed by atoms with Gasteiger partial charge < -0.3 is 4.90 Å². The molecule has 1 saturated heterocycles. The van der Waals surface area contributed by atoms with Gasteiger partial charge in [0.25, 0.3) is 5.69 Å². The van der Waals surface area contributed by atoms with Crippen LogP contribution in [0, 0.1) is 27.4 Å². The zero-order valence-electron chi connectivity index (χ0n) is 11.1. The van der Waals surface area contributed by atoms with Crippen molar-refractivity contribution in [1.82, 2.24) is 4.98 Å². The normalized spacial score (nSPS) is 15.7. The first kappa shape index (κ1) is 13.9. The lowest BCUT2D eigenvalue weighted by Gasteiger charge is -2.32. The summed E-state index contributed by atoms with van der Waals surface area (Å²) in [6.07, 6.45) is 2.60. The largest absolute Gasteiger partial charge is 0.355 e. The summed E-state index contributed by atoms with van der Waals surface area (Å²) in [6.45, 7) is 2.85. The fraction of sp³-hybridized carbons (Fsp3) is 0.462. The van der Waals surface area contributed by atoms with Crippen LogP contribution < -0.4 is 4.90 Å². The topological polar surface area (TPSA) is 100 Å². The molecule has 0 aliphatic carbocycles. The second-order valence-electron chi connectivity index (χ2n) is 4.81. The van der Waals surface area contributed by atoms with Crippen LogP contribution in [-0.4, -0.2) is 28.8 Å². The van der Waals surface area contributed by atoms with E-state index < -0.39 is 4.92 Å². The first-order valence-electron chi connectivity index (χ1n) is 6.33. The van der Waals surface area contributed by atoms with Crippen molar-refractivity contribution < 1.29 is 9.72 Å². The number of anilines is 1. The number of nitro groups is 1. The van der Waals surface area contributed by atoms with Gasteiger partial charge in [0, 0.05) is 25.1 Å². The Hall–Kier alpha value is -2.49. The van der Waals surface area contributed by atoms with Crippen LogP contribution in [0.4, 0.5) is 11.5 Å². The molecule has 7 heteroatoms. The second-order valence-corrected chi connectivity index (χ2v) is 4.81. The lowest BCUT2D eigenvalue weighted by atomic mass is 9.93. The van der Waals surface area contributed by atoms with E-state index in [0.717, 1.165) is 19.0 Å². The highest BCUT2D eigenvalue weighted by Gasteiger charge is 2.25. The average Bonchev–Trinajstić information content (AvgIpc) is 2.46. The summed E-state index contributed by atoms with van der Waals surface area (Å²) in [5.41, 5.74) is 0.00407. The lowest BCUT2D eigenvalue weighted by Crippen LogP contribution is -2.36. The lowest BCUT2D eigenvalue weighted by molar-refractivity contribution is -0.385. The molecule has 0 atom stereocenters. The van der Waals surface area contributed by atoms with Crippen molar-refractivity contribution in [3.63, 3.8) is 0 Å². The van der Waals surface area contributed by atoms with Crippen LogP contribution in [0.5, 0.6) is 0 Å². The van der Waals surface area contributed by atoms with Crippen LogP contribution in [0.1, 0.15) is 25.3 Å². The molecule has 1 aromatic rings. The number of pyridine rings is 1. The van der Waals surface area contributed by atoms with E-state index in [2.05, 4.69) is 4.98 Å². The smallest absolute Gasteiger partial charge is 0.289 e. The molecule has 0 saturated carbocycles. The predicted octanol–water partition coefficient (Wildman–Crippen LogP) is 1.67. The van der Waals surface area contributed by atoms with E-state index in [9.17, 15) is 14.9 Å². The van der Waals surface area contributed by atoms with Crippen LogP contribution in [0.15, 0.2) is 12.3 Å². The Bertz CT molecular complexity index is 586. The highest BCUT2D eigenvalue weighted by atomic mass is 16.6. The van der Waals surface area contributed by atoms with Gasteiger partial charge in [-0.15, -0.1) is 0 Å². The van der Waals surface area contributed by atoms with Gasteiger partial charge in [-0.05, 0) is 19.8 Å². The molecule has 1 fully saturated rings. The van der Waals surface area contributed by atoms with Gasteiger partial charge in [0.2, 0.25) is 0 Å². The Morgan fingerprint density at radius 1 is 1.55 bits per heavy atom. The summed E-state index contributed by atoms with van der Waals surface area (Å²) in [4.78, 5) is 27.4. The van der Waals surface area contributed by atoms with Crippen LogP contribution in [0.3, 0.4) is 0 Å². The molecular weight excluding hydrogens is 260 g/mol. The van der Waals surface area contributed by atoms with E-state index in [-0.39, 0.29) is 23.0 Å². The minimum Gasteiger partial charge on any atom is -0.355 e. The molecule has 0 bridgehead atoms. The number of Topliss-reactive ketones (excluding diaryl/α,β-unsaturated/α-hetero) is 1. The zero-order chi connectivity index (χ0) is 14.7. The molecule has 2 rings (SSSR count). The minimum absolute atomic E-state index is 0.0647. The summed E-state index contributed by atoms with van der Waals surface area (Å²) in [5, 5.41) is 19.8. The van der Waals surface area contributed by atoms with Gasteiger partial charge in [-0.3, -0.25) is 14.9 Å². The van der Waals surface area contributed by atoms with Gasteiger partial charge in [0.1, 0.15) is 29.4 Å². The monoisotopic (exact) mass is 274 g/mol. The number of hydrogen-bond donors (Lipinski definition) is 0. The van der Waals surface area contributed by atoms with E-state index in [0.29, 0.717) is 18.9 Å². The number of ketones is 1. The number of carbonyl (C=O) groups is 1. The van der Waals surface area contributed by atoms with Crippen LogP contribution >= 0.6 is 0 Å². The van der Waals surface area contributed by atoms with Crippen molar-refractivity contribution in [1.29, 1.82) is 5.26 Å². The van der Waals surface area contributed by atoms with Gasteiger partial charge >= 0.3 is 0 Å². The minimum atomic E-state index is -0.570. The molecule has 0 spiro atoms. The third-order valence-electron chi connectivity index (χ3n) is 3.55. The molecule has 104 valence electrons. The first-order valence-corrected chi connectivity index (χ1v) is 6.33. The number of hydrogen-bond acceptors (Lipinski definition) is 6. The Kier molecular flexibility index (Phi) is 3.94. The van der Waals surface area contributed by atoms with Crippen molar-refractivity contribution in [2.75, 3.05) is 18.0 Å². The van der Waals surface area contributed by atoms with Gasteiger partial charge in [0.05, 0.1) is 4.92 Å². The van der Waals surface area contributed by atoms with Crippen molar-refractivity contribution in [3.05, 3.63) is 27.9 Å². The Labute approximate surface area is 116 Å². The van der Waals surface area contributed by atoms with Crippen molar-refractivity contribution in [2.45, 2.75) is 19.8 Å². The summed E-state index contributed by atoms with van der Waals surface area (Å²) in [6, 6.07) is 3.18. The van der Waals surface area contributed by atoms with Crippen LogP contribution in [-0.2, 0) is 4.79 Å². The Balaban J connectivity index is 2.20. The number of nitriles is 1. The number of rotatable bonds is 3. The highest BCUT2D eigenvalue weighted by Crippen LogP contribution is 2.26. The van der Waals surface area contributed by atoms with Gasteiger partial charge in [-0.1, -0.05) is 0 Å². The van der Waals surface area contributed by atoms with E-state index in [4.69, 9.17) is 5.26 Å². The predicted molar refractivity (Wildman–Crippen MR) is 71.2 cm³/mol. The van der Waals surface area contributed by atoms with Crippen LogP contribution in [0.2, 0.25) is 0 Å². The molecule has 1 aliphatic heterocycles. The summed E-state index contributed by atoms with van der Waals surface area (Å²) >= 11 is 0. The van der Waals surface area contributed by atoms with E-state index in [1.54, 1.807) is 6.92 Å². The molecule has 0 N–H and O–H groups in total. The van der Waals surface area contributed by atoms with E-state index in [1.165, 1.54) is 6.07 Å². The van der Waals surface area contributed by atoms with Gasteiger partial charge in [0.15, 0.2) is 0 Å². The summed E-state index contributed by atoms with van der Waals surface area (Å²) < 4.78 is 0. The molecule has 1 aromatic heterocycles.